The summed E-state index contributed by atoms with van der Waals surface area (Å²) in [7, 11) is -4.55. The van der Waals surface area contributed by atoms with Crippen LogP contribution in [0.3, 0.4) is 0 Å². The van der Waals surface area contributed by atoms with E-state index in [1.807, 2.05) is 0 Å². The zero-order chi connectivity index (χ0) is 28.3. The molecule has 0 aliphatic heterocycles. The molecule has 0 bridgehead atoms. The average Bonchev–Trinajstić information content (AvgIpc) is 2.89. The number of nitrogens with one attached hydrogen (secondary N) is 1. The Hall–Kier alpha value is -2.70. The fraction of sp³-hybridized carbons (Fsp3) is 0.148. The van der Waals surface area contributed by atoms with Gasteiger partial charge in [-0.2, -0.15) is 18.6 Å². The van der Waals surface area contributed by atoms with Gasteiger partial charge in [0.1, 0.15) is 15.7 Å². The van der Waals surface area contributed by atoms with Gasteiger partial charge >= 0.3 is 29.6 Å². The topological polar surface area (TPSA) is 140 Å². The number of azo groups is 1. The number of aryl methyl sites for hydroxylation is 1. The first-order valence-electron chi connectivity index (χ1n) is 11.7. The number of ether oxygens (including phenoxy) is 1. The number of benzene rings is 4. The minimum atomic E-state index is -4.55. The van der Waals surface area contributed by atoms with Crippen molar-refractivity contribution in [1.82, 2.24) is 0 Å². The molecule has 13 heteroatoms. The number of hydrogen-bond donors (Lipinski definition) is 2. The molecular formula is C27H22Cl2N3NaO6S. The normalized spacial score (nSPS) is 11.4. The summed E-state index contributed by atoms with van der Waals surface area (Å²) in [6, 6.07) is 15.7. The van der Waals surface area contributed by atoms with Crippen molar-refractivity contribution in [2.24, 2.45) is 10.2 Å². The molecule has 0 aliphatic carbocycles. The Bertz CT molecular complexity index is 1730. The van der Waals surface area contributed by atoms with Crippen LogP contribution < -0.4 is 44.7 Å². The SMILES string of the molecule is CCOc1cccc(NC(=O)c2cc3ccccc3c(N=Nc3cc(Cl)c(S(=O)(=O)O)cc3CC)c2[O-])c1Cl.[Na+]. The predicted octanol–water partition coefficient (Wildman–Crippen LogP) is 4.10. The second-order valence-corrected chi connectivity index (χ2v) is 10.4. The van der Waals surface area contributed by atoms with Crippen molar-refractivity contribution in [2.45, 2.75) is 25.2 Å². The summed E-state index contributed by atoms with van der Waals surface area (Å²) in [5.41, 5.74) is 0.614. The zero-order valence-corrected chi connectivity index (χ0v) is 26.1. The molecule has 0 unspecified atom stereocenters. The second-order valence-electron chi connectivity index (χ2n) is 8.27. The van der Waals surface area contributed by atoms with Gasteiger partial charge in [-0.3, -0.25) is 9.35 Å². The quantitative estimate of drug-likeness (QED) is 0.175. The Morgan fingerprint density at radius 2 is 1.77 bits per heavy atom. The molecule has 4 aromatic rings. The number of fused-ring (bicyclic) bond motifs is 1. The van der Waals surface area contributed by atoms with E-state index in [0.717, 1.165) is 0 Å². The summed E-state index contributed by atoms with van der Waals surface area (Å²) >= 11 is 12.4. The molecule has 40 heavy (non-hydrogen) atoms. The first-order chi connectivity index (χ1) is 18.5. The number of anilines is 1. The molecule has 0 aliphatic rings. The first-order valence-corrected chi connectivity index (χ1v) is 13.9. The minimum Gasteiger partial charge on any atom is -0.870 e. The molecule has 0 spiro atoms. The fourth-order valence-electron chi connectivity index (χ4n) is 3.90. The molecule has 0 saturated carbocycles. The fourth-order valence-corrected chi connectivity index (χ4v) is 5.18. The van der Waals surface area contributed by atoms with Gasteiger partial charge in [-0.1, -0.05) is 66.2 Å². The van der Waals surface area contributed by atoms with E-state index in [2.05, 4.69) is 15.5 Å². The smallest absolute Gasteiger partial charge is 0.870 e. The maximum atomic E-state index is 13.5. The molecule has 4 rings (SSSR count). The molecule has 9 nitrogen and oxygen atoms in total. The van der Waals surface area contributed by atoms with Crippen molar-refractivity contribution in [1.29, 1.82) is 0 Å². The van der Waals surface area contributed by atoms with Gasteiger partial charge in [0.05, 0.1) is 28.7 Å². The third kappa shape index (κ3) is 6.77. The van der Waals surface area contributed by atoms with Crippen molar-refractivity contribution in [3.63, 3.8) is 0 Å². The van der Waals surface area contributed by atoms with Crippen LogP contribution in [0.25, 0.3) is 10.8 Å². The van der Waals surface area contributed by atoms with Crippen molar-refractivity contribution >= 4 is 67.1 Å². The third-order valence-electron chi connectivity index (χ3n) is 5.78. The van der Waals surface area contributed by atoms with Crippen LogP contribution >= 0.6 is 23.2 Å². The summed E-state index contributed by atoms with van der Waals surface area (Å²) in [5.74, 6) is -0.990. The van der Waals surface area contributed by atoms with E-state index in [9.17, 15) is 22.9 Å². The summed E-state index contributed by atoms with van der Waals surface area (Å²) in [4.78, 5) is 12.8. The van der Waals surface area contributed by atoms with Crippen molar-refractivity contribution < 1.29 is 57.2 Å². The molecule has 0 saturated heterocycles. The van der Waals surface area contributed by atoms with Gasteiger partial charge < -0.3 is 15.2 Å². The molecule has 0 fully saturated rings. The van der Waals surface area contributed by atoms with Gasteiger partial charge in [0, 0.05) is 10.9 Å². The molecule has 2 N–H and O–H groups in total. The van der Waals surface area contributed by atoms with E-state index < -0.39 is 26.7 Å². The largest absolute Gasteiger partial charge is 1.00 e. The van der Waals surface area contributed by atoms with Crippen molar-refractivity contribution in [3.05, 3.63) is 81.8 Å². The molecular weight excluding hydrogens is 588 g/mol. The Morgan fingerprint density at radius 1 is 1.05 bits per heavy atom. The standard InChI is InChI=1S/C27H23Cl2N3O6S.Na/c1-3-15-13-23(39(35,36)37)19(28)14-21(15)31-32-25-17-9-6-5-8-16(17)12-18(26(25)33)27(34)30-20-10-7-11-22(24(20)29)38-4-2;/h5-14,33H,3-4H2,1-2H3,(H,30,34)(H,35,36,37);/q;+1/p-1. The average molecular weight is 610 g/mol. The number of halogens is 2. The monoisotopic (exact) mass is 609 g/mol. The predicted molar refractivity (Wildman–Crippen MR) is 149 cm³/mol. The second kappa shape index (κ2) is 13.3. The summed E-state index contributed by atoms with van der Waals surface area (Å²) in [5, 5.41) is 25.4. The van der Waals surface area contributed by atoms with Gasteiger partial charge in [0.25, 0.3) is 16.0 Å². The van der Waals surface area contributed by atoms with Crippen LogP contribution in [0.15, 0.2) is 75.8 Å². The number of amides is 1. The zero-order valence-electron chi connectivity index (χ0n) is 21.7. The van der Waals surface area contributed by atoms with E-state index in [-0.39, 0.29) is 62.2 Å². The summed E-state index contributed by atoms with van der Waals surface area (Å²) in [6.45, 7) is 3.93. The number of carbonyl (C=O) groups is 1. The Balaban J connectivity index is 0.00000441. The van der Waals surface area contributed by atoms with Gasteiger partial charge in [-0.25, -0.2) is 0 Å². The molecule has 0 heterocycles. The third-order valence-corrected chi connectivity index (χ3v) is 7.49. The summed E-state index contributed by atoms with van der Waals surface area (Å²) < 4.78 is 38.2. The van der Waals surface area contributed by atoms with Gasteiger partial charge in [0.2, 0.25) is 0 Å². The van der Waals surface area contributed by atoms with Crippen LogP contribution in [0.4, 0.5) is 17.1 Å². The number of carbonyl (C=O) groups excluding carboxylic acids is 1. The molecule has 1 amide bonds. The van der Waals surface area contributed by atoms with Crippen molar-refractivity contribution in [3.8, 4) is 11.5 Å². The number of rotatable bonds is 8. The molecule has 0 radical (unpaired) electrons. The molecule has 4 aromatic carbocycles. The van der Waals surface area contributed by atoms with E-state index in [4.69, 9.17) is 27.9 Å². The minimum absolute atomic E-state index is 0. The van der Waals surface area contributed by atoms with Crippen LogP contribution in [-0.2, 0) is 16.5 Å². The van der Waals surface area contributed by atoms with Crippen LogP contribution in [-0.4, -0.2) is 25.5 Å². The van der Waals surface area contributed by atoms with E-state index in [1.165, 1.54) is 18.2 Å². The van der Waals surface area contributed by atoms with E-state index in [1.54, 1.807) is 56.3 Å². The van der Waals surface area contributed by atoms with Crippen LogP contribution in [0.1, 0.15) is 29.8 Å². The van der Waals surface area contributed by atoms with Crippen molar-refractivity contribution in [2.75, 3.05) is 11.9 Å². The molecule has 0 aromatic heterocycles. The van der Waals surface area contributed by atoms with Crippen LogP contribution in [0, 0.1) is 0 Å². The Morgan fingerprint density at radius 3 is 2.45 bits per heavy atom. The van der Waals surface area contributed by atoms with Gasteiger partial charge in [-0.05, 0) is 54.6 Å². The first kappa shape index (κ1) is 31.8. The number of nitrogens with zero attached hydrogens (tertiary/aromatic N) is 2. The summed E-state index contributed by atoms with van der Waals surface area (Å²) in [6.07, 6.45) is 0.336. The Labute approximate surface area is 263 Å². The van der Waals surface area contributed by atoms with Crippen LogP contribution in [0.5, 0.6) is 11.5 Å². The van der Waals surface area contributed by atoms with Gasteiger partial charge in [0.15, 0.2) is 0 Å². The Kier molecular flexibility index (Phi) is 10.6. The van der Waals surface area contributed by atoms with E-state index in [0.29, 0.717) is 35.1 Å². The van der Waals surface area contributed by atoms with E-state index >= 15 is 0 Å². The molecule has 202 valence electrons. The maximum absolute atomic E-state index is 13.5. The molecule has 0 atom stereocenters. The number of hydrogen-bond acceptors (Lipinski definition) is 7. The maximum Gasteiger partial charge on any atom is 1.00 e. The van der Waals surface area contributed by atoms with Gasteiger partial charge in [-0.15, -0.1) is 0 Å². The van der Waals surface area contributed by atoms with Crippen LogP contribution in [0.2, 0.25) is 10.0 Å².